The van der Waals surface area contributed by atoms with Crippen molar-refractivity contribution in [3.05, 3.63) is 29.8 Å². The van der Waals surface area contributed by atoms with Crippen LogP contribution >= 0.6 is 0 Å². The number of hydrogen-bond acceptors (Lipinski definition) is 6. The number of carbonyl (C=O) groups excluding carboxylic acids is 1. The molecule has 2 saturated carbocycles. The number of hydrogen-bond donors (Lipinski definition) is 3. The molecule has 7 nitrogen and oxygen atoms in total. The zero-order valence-electron chi connectivity index (χ0n) is 17.1. The van der Waals surface area contributed by atoms with Crippen molar-refractivity contribution in [2.45, 2.75) is 82.3 Å². The van der Waals surface area contributed by atoms with Gasteiger partial charge in [-0.05, 0) is 56.2 Å². The van der Waals surface area contributed by atoms with Gasteiger partial charge in [0.1, 0.15) is 5.66 Å². The van der Waals surface area contributed by atoms with Crippen LogP contribution in [0.2, 0.25) is 0 Å². The van der Waals surface area contributed by atoms with Crippen molar-refractivity contribution < 1.29 is 4.79 Å². The van der Waals surface area contributed by atoms with Crippen LogP contribution in [-0.4, -0.2) is 29.5 Å². The quantitative estimate of drug-likeness (QED) is 0.727. The lowest BCUT2D eigenvalue weighted by molar-refractivity contribution is -0.121. The third-order valence-electron chi connectivity index (χ3n) is 6.38. The van der Waals surface area contributed by atoms with Crippen LogP contribution in [0.15, 0.2) is 34.3 Å². The molecule has 156 valence electrons. The number of guanidine groups is 2. The van der Waals surface area contributed by atoms with Crippen LogP contribution in [0.4, 0.5) is 5.69 Å². The minimum Gasteiger partial charge on any atom is -0.369 e. The molecule has 2 aliphatic carbocycles. The molecule has 7 heteroatoms. The van der Waals surface area contributed by atoms with Gasteiger partial charge in [-0.3, -0.25) is 9.69 Å². The highest BCUT2D eigenvalue weighted by molar-refractivity contribution is 6.05. The van der Waals surface area contributed by atoms with Crippen LogP contribution in [0.1, 0.15) is 69.8 Å². The fourth-order valence-corrected chi connectivity index (χ4v) is 4.97. The van der Waals surface area contributed by atoms with Gasteiger partial charge in [0.2, 0.25) is 17.8 Å². The molecule has 0 unspecified atom stereocenters. The van der Waals surface area contributed by atoms with E-state index in [9.17, 15) is 4.79 Å². The maximum Gasteiger partial charge on any atom is 0.224 e. The Morgan fingerprint density at radius 3 is 2.38 bits per heavy atom. The molecule has 3 aliphatic rings. The van der Waals surface area contributed by atoms with Crippen LogP contribution in [0, 0.1) is 0 Å². The monoisotopic (exact) mass is 396 g/mol. The zero-order chi connectivity index (χ0) is 20.3. The van der Waals surface area contributed by atoms with Gasteiger partial charge in [-0.1, -0.05) is 37.8 Å². The van der Waals surface area contributed by atoms with Gasteiger partial charge in [0, 0.05) is 11.7 Å². The molecule has 1 aromatic rings. The number of carbonyl (C=O) groups is 1. The number of nitrogens with two attached hydrogens (primary N) is 2. The maximum absolute atomic E-state index is 12.4. The molecule has 2 fully saturated rings. The standard InChI is InChI=1S/C22H32N6O/c23-20-26-21(24)28(22(27-20)13-5-2-6-14-22)18-11-9-16(10-12-18)15-19(29)25-17-7-3-1-4-8-17/h9-12,17H,1-8,13-15H2,(H,25,29)(H4,23,24,26,27). The van der Waals surface area contributed by atoms with Crippen LogP contribution < -0.4 is 21.7 Å². The van der Waals surface area contributed by atoms with Gasteiger partial charge in [-0.2, -0.15) is 4.99 Å². The Morgan fingerprint density at radius 2 is 1.69 bits per heavy atom. The van der Waals surface area contributed by atoms with E-state index in [0.717, 1.165) is 49.8 Å². The van der Waals surface area contributed by atoms with E-state index in [4.69, 9.17) is 16.5 Å². The lowest BCUT2D eigenvalue weighted by atomic mass is 9.87. The van der Waals surface area contributed by atoms with E-state index in [1.54, 1.807) is 0 Å². The molecule has 4 rings (SSSR count). The van der Waals surface area contributed by atoms with Gasteiger partial charge in [0.05, 0.1) is 6.42 Å². The fourth-order valence-electron chi connectivity index (χ4n) is 4.97. The van der Waals surface area contributed by atoms with E-state index < -0.39 is 5.66 Å². The van der Waals surface area contributed by atoms with Crippen molar-refractivity contribution >= 4 is 23.5 Å². The molecular weight excluding hydrogens is 364 g/mol. The van der Waals surface area contributed by atoms with E-state index in [-0.39, 0.29) is 11.9 Å². The first kappa shape index (κ1) is 19.7. The summed E-state index contributed by atoms with van der Waals surface area (Å²) in [5, 5.41) is 3.18. The number of nitrogens with zero attached hydrogens (tertiary/aromatic N) is 3. The molecule has 0 aromatic heterocycles. The number of nitrogens with one attached hydrogen (secondary N) is 1. The van der Waals surface area contributed by atoms with Crippen molar-refractivity contribution in [2.24, 2.45) is 21.5 Å². The Morgan fingerprint density at radius 1 is 1.03 bits per heavy atom. The summed E-state index contributed by atoms with van der Waals surface area (Å²) in [7, 11) is 0. The highest BCUT2D eigenvalue weighted by Gasteiger charge is 2.42. The van der Waals surface area contributed by atoms with E-state index >= 15 is 0 Å². The van der Waals surface area contributed by atoms with Gasteiger partial charge < -0.3 is 16.8 Å². The molecule has 1 spiro atoms. The average Bonchev–Trinajstić information content (AvgIpc) is 2.70. The third kappa shape index (κ3) is 4.38. The Hall–Kier alpha value is -2.57. The molecule has 0 saturated heterocycles. The largest absolute Gasteiger partial charge is 0.369 e. The van der Waals surface area contributed by atoms with Gasteiger partial charge >= 0.3 is 0 Å². The SMILES string of the molecule is NC1=NC2(CCCCC2)N(c2ccc(CC(=O)NC3CCCCC3)cc2)C(N)=N1. The van der Waals surface area contributed by atoms with Gasteiger partial charge in [-0.25, -0.2) is 4.99 Å². The highest BCUT2D eigenvalue weighted by atomic mass is 16.1. The Balaban J connectivity index is 1.46. The molecular formula is C22H32N6O. The van der Waals surface area contributed by atoms with E-state index in [0.29, 0.717) is 18.4 Å². The Kier molecular flexibility index (Phi) is 5.74. The Bertz CT molecular complexity index is 788. The molecule has 29 heavy (non-hydrogen) atoms. The molecule has 1 aliphatic heterocycles. The summed E-state index contributed by atoms with van der Waals surface area (Å²) in [6.07, 6.45) is 11.5. The topological polar surface area (TPSA) is 109 Å². The number of anilines is 1. The summed E-state index contributed by atoms with van der Waals surface area (Å²) in [5.41, 5.74) is 13.7. The summed E-state index contributed by atoms with van der Waals surface area (Å²) in [4.78, 5) is 23.3. The van der Waals surface area contributed by atoms with E-state index in [1.165, 1.54) is 25.7 Å². The molecule has 5 N–H and O–H groups in total. The zero-order valence-corrected chi connectivity index (χ0v) is 17.1. The number of rotatable bonds is 4. The average molecular weight is 397 g/mol. The number of benzene rings is 1. The first-order chi connectivity index (χ1) is 14.1. The minimum atomic E-state index is -0.436. The summed E-state index contributed by atoms with van der Waals surface area (Å²) in [6.45, 7) is 0. The van der Waals surface area contributed by atoms with Crippen molar-refractivity contribution in [2.75, 3.05) is 4.90 Å². The first-order valence-electron chi connectivity index (χ1n) is 10.9. The number of aliphatic imine (C=N–C) groups is 2. The maximum atomic E-state index is 12.4. The predicted octanol–water partition coefficient (Wildman–Crippen LogP) is 2.79. The minimum absolute atomic E-state index is 0.102. The summed E-state index contributed by atoms with van der Waals surface area (Å²) in [5.74, 6) is 0.753. The van der Waals surface area contributed by atoms with Crippen molar-refractivity contribution in [1.29, 1.82) is 0 Å². The van der Waals surface area contributed by atoms with Crippen molar-refractivity contribution in [3.8, 4) is 0 Å². The molecule has 0 atom stereocenters. The lowest BCUT2D eigenvalue weighted by Gasteiger charge is -2.45. The second-order valence-corrected chi connectivity index (χ2v) is 8.56. The molecule has 0 radical (unpaired) electrons. The molecule has 1 heterocycles. The first-order valence-corrected chi connectivity index (χ1v) is 10.9. The third-order valence-corrected chi connectivity index (χ3v) is 6.38. The van der Waals surface area contributed by atoms with Gasteiger partial charge in [0.15, 0.2) is 0 Å². The van der Waals surface area contributed by atoms with E-state index in [2.05, 4.69) is 10.3 Å². The lowest BCUT2D eigenvalue weighted by Crippen LogP contribution is -2.58. The highest BCUT2D eigenvalue weighted by Crippen LogP contribution is 2.39. The fraction of sp³-hybridized carbons (Fsp3) is 0.591. The molecule has 1 amide bonds. The second-order valence-electron chi connectivity index (χ2n) is 8.56. The normalized spacial score (nSPS) is 22.1. The Labute approximate surface area is 172 Å². The predicted molar refractivity (Wildman–Crippen MR) is 117 cm³/mol. The van der Waals surface area contributed by atoms with Crippen LogP contribution in [0.25, 0.3) is 0 Å². The molecule has 1 aromatic carbocycles. The van der Waals surface area contributed by atoms with Crippen molar-refractivity contribution in [3.63, 3.8) is 0 Å². The van der Waals surface area contributed by atoms with Crippen LogP contribution in [0.3, 0.4) is 0 Å². The summed E-state index contributed by atoms with van der Waals surface area (Å²) < 4.78 is 0. The summed E-state index contributed by atoms with van der Waals surface area (Å²) in [6, 6.07) is 8.37. The second kappa shape index (κ2) is 8.43. The van der Waals surface area contributed by atoms with Crippen molar-refractivity contribution in [1.82, 2.24) is 5.32 Å². The number of amides is 1. The van der Waals surface area contributed by atoms with Crippen LogP contribution in [0.5, 0.6) is 0 Å². The van der Waals surface area contributed by atoms with Gasteiger partial charge in [0.25, 0.3) is 0 Å². The summed E-state index contributed by atoms with van der Waals surface area (Å²) >= 11 is 0. The smallest absolute Gasteiger partial charge is 0.224 e. The van der Waals surface area contributed by atoms with Gasteiger partial charge in [-0.15, -0.1) is 0 Å². The van der Waals surface area contributed by atoms with E-state index in [1.807, 2.05) is 29.2 Å². The molecule has 0 bridgehead atoms. The van der Waals surface area contributed by atoms with Crippen LogP contribution in [-0.2, 0) is 11.2 Å².